The highest BCUT2D eigenvalue weighted by atomic mass is 16.5. The quantitative estimate of drug-likeness (QED) is 0.707. The first-order chi connectivity index (χ1) is 14.8. The molecule has 0 radical (unpaired) electrons. The normalized spacial score (nSPS) is 18.9. The summed E-state index contributed by atoms with van der Waals surface area (Å²) in [6.45, 7) is 9.27. The number of piperazine rings is 1. The van der Waals surface area contributed by atoms with Gasteiger partial charge in [0, 0.05) is 86.3 Å². The molecule has 0 spiro atoms. The topological polar surface area (TPSA) is 47.6 Å². The van der Waals surface area contributed by atoms with E-state index in [1.165, 1.54) is 27.8 Å². The minimum absolute atomic E-state index is 0.852. The molecule has 1 N–H and O–H groups in total. The number of hydrogen-bond donors (Lipinski definition) is 1. The van der Waals surface area contributed by atoms with Crippen molar-refractivity contribution in [2.45, 2.75) is 6.42 Å². The minimum Gasteiger partial charge on any atom is -0.379 e. The largest absolute Gasteiger partial charge is 0.379 e. The molecule has 0 bridgehead atoms. The standard InChI is InChI=1S/C24H31N5O/c1-27-10-12-29(13-11-27)21-4-2-19(3-5-21)24-22-18-20(26-23(22)6-8-25-24)7-9-28-14-16-30-17-15-28/h2-6,8,18,26H,7,9-17H2,1H3. The summed E-state index contributed by atoms with van der Waals surface area (Å²) in [7, 11) is 2.19. The molecule has 0 aliphatic carbocycles. The Morgan fingerprint density at radius 1 is 0.967 bits per heavy atom. The highest BCUT2D eigenvalue weighted by Crippen LogP contribution is 2.29. The maximum atomic E-state index is 5.45. The fourth-order valence-electron chi connectivity index (χ4n) is 4.47. The van der Waals surface area contributed by atoms with Crippen molar-refractivity contribution in [3.63, 3.8) is 0 Å². The van der Waals surface area contributed by atoms with Gasteiger partial charge in [-0.3, -0.25) is 9.88 Å². The number of likely N-dealkylation sites (N-methyl/N-ethyl adjacent to an activating group) is 1. The molecule has 0 amide bonds. The number of hydrogen-bond acceptors (Lipinski definition) is 5. The highest BCUT2D eigenvalue weighted by molar-refractivity contribution is 5.93. The number of ether oxygens (including phenoxy) is 1. The van der Waals surface area contributed by atoms with E-state index in [4.69, 9.17) is 9.72 Å². The molecule has 6 heteroatoms. The predicted octanol–water partition coefficient (Wildman–Crippen LogP) is 2.86. The van der Waals surface area contributed by atoms with Crippen LogP contribution < -0.4 is 4.90 Å². The molecule has 5 rings (SSSR count). The summed E-state index contributed by atoms with van der Waals surface area (Å²) in [6.07, 6.45) is 2.94. The van der Waals surface area contributed by atoms with Gasteiger partial charge in [0.2, 0.25) is 0 Å². The van der Waals surface area contributed by atoms with Crippen molar-refractivity contribution in [1.29, 1.82) is 0 Å². The smallest absolute Gasteiger partial charge is 0.0795 e. The lowest BCUT2D eigenvalue weighted by Gasteiger charge is -2.34. The van der Waals surface area contributed by atoms with Gasteiger partial charge in [-0.05, 0) is 31.3 Å². The number of pyridine rings is 1. The van der Waals surface area contributed by atoms with Gasteiger partial charge in [0.1, 0.15) is 0 Å². The van der Waals surface area contributed by atoms with Crippen LogP contribution in [0.2, 0.25) is 0 Å². The molecule has 1 aromatic carbocycles. The third-order valence-corrected chi connectivity index (χ3v) is 6.41. The van der Waals surface area contributed by atoms with Crippen LogP contribution >= 0.6 is 0 Å². The molecule has 0 unspecified atom stereocenters. The van der Waals surface area contributed by atoms with Crippen LogP contribution in [0, 0.1) is 0 Å². The zero-order valence-corrected chi connectivity index (χ0v) is 17.8. The molecule has 158 valence electrons. The third kappa shape index (κ3) is 4.21. The van der Waals surface area contributed by atoms with Gasteiger partial charge in [-0.15, -0.1) is 0 Å². The molecule has 2 aliphatic heterocycles. The summed E-state index contributed by atoms with van der Waals surface area (Å²) in [5.41, 5.74) is 5.99. The van der Waals surface area contributed by atoms with E-state index >= 15 is 0 Å². The van der Waals surface area contributed by atoms with Crippen LogP contribution in [0.25, 0.3) is 22.2 Å². The lowest BCUT2D eigenvalue weighted by Crippen LogP contribution is -2.44. The number of rotatable bonds is 5. The Morgan fingerprint density at radius 3 is 2.50 bits per heavy atom. The molecule has 2 aromatic heterocycles. The second kappa shape index (κ2) is 8.76. The second-order valence-corrected chi connectivity index (χ2v) is 8.46. The lowest BCUT2D eigenvalue weighted by molar-refractivity contribution is 0.0383. The predicted molar refractivity (Wildman–Crippen MR) is 122 cm³/mol. The monoisotopic (exact) mass is 405 g/mol. The zero-order valence-electron chi connectivity index (χ0n) is 17.8. The number of nitrogens with zero attached hydrogens (tertiary/aromatic N) is 4. The molecular formula is C24H31N5O. The molecule has 30 heavy (non-hydrogen) atoms. The second-order valence-electron chi connectivity index (χ2n) is 8.46. The number of benzene rings is 1. The van der Waals surface area contributed by atoms with Gasteiger partial charge in [0.05, 0.1) is 18.9 Å². The molecule has 2 saturated heterocycles. The summed E-state index contributed by atoms with van der Waals surface area (Å²) in [4.78, 5) is 15.7. The van der Waals surface area contributed by atoms with Crippen LogP contribution in [-0.2, 0) is 11.2 Å². The van der Waals surface area contributed by atoms with Crippen molar-refractivity contribution in [2.24, 2.45) is 0 Å². The fourth-order valence-corrected chi connectivity index (χ4v) is 4.47. The van der Waals surface area contributed by atoms with Crippen LogP contribution in [0.3, 0.4) is 0 Å². The number of fused-ring (bicyclic) bond motifs is 1. The molecule has 0 atom stereocenters. The van der Waals surface area contributed by atoms with E-state index in [9.17, 15) is 0 Å². The number of H-pyrrole nitrogens is 1. The van der Waals surface area contributed by atoms with Crippen molar-refractivity contribution in [2.75, 3.05) is 71.0 Å². The first kappa shape index (κ1) is 19.5. The number of anilines is 1. The number of nitrogens with one attached hydrogen (secondary N) is 1. The first-order valence-corrected chi connectivity index (χ1v) is 11.1. The maximum absolute atomic E-state index is 5.45. The zero-order chi connectivity index (χ0) is 20.3. The minimum atomic E-state index is 0.852. The van der Waals surface area contributed by atoms with Crippen molar-refractivity contribution in [3.8, 4) is 11.3 Å². The molecule has 0 saturated carbocycles. The average molecular weight is 406 g/mol. The van der Waals surface area contributed by atoms with Gasteiger partial charge in [-0.1, -0.05) is 12.1 Å². The Kier molecular flexibility index (Phi) is 5.71. The van der Waals surface area contributed by atoms with Gasteiger partial charge >= 0.3 is 0 Å². The SMILES string of the molecule is CN1CCN(c2ccc(-c3nccc4[nH]c(CCN5CCOCC5)cc34)cc2)CC1. The summed E-state index contributed by atoms with van der Waals surface area (Å²) in [6, 6.07) is 13.3. The van der Waals surface area contributed by atoms with E-state index in [0.29, 0.717) is 0 Å². The Hall–Kier alpha value is -2.41. The van der Waals surface area contributed by atoms with Crippen LogP contribution in [-0.4, -0.2) is 85.8 Å². The molecule has 2 fully saturated rings. The van der Waals surface area contributed by atoms with E-state index in [1.807, 2.05) is 6.20 Å². The molecule has 6 nitrogen and oxygen atoms in total. The molecule has 2 aliphatic rings. The van der Waals surface area contributed by atoms with Crippen molar-refractivity contribution < 1.29 is 4.74 Å². The van der Waals surface area contributed by atoms with Crippen molar-refractivity contribution in [3.05, 3.63) is 48.3 Å². The van der Waals surface area contributed by atoms with Crippen LogP contribution in [0.15, 0.2) is 42.6 Å². The summed E-state index contributed by atoms with van der Waals surface area (Å²) >= 11 is 0. The van der Waals surface area contributed by atoms with E-state index in [1.54, 1.807) is 0 Å². The van der Waals surface area contributed by atoms with E-state index in [0.717, 1.165) is 71.1 Å². The summed E-state index contributed by atoms with van der Waals surface area (Å²) < 4.78 is 5.45. The van der Waals surface area contributed by atoms with Gasteiger partial charge in [-0.2, -0.15) is 0 Å². The summed E-state index contributed by atoms with van der Waals surface area (Å²) in [5.74, 6) is 0. The Labute approximate surface area is 178 Å². The fraction of sp³-hybridized carbons (Fsp3) is 0.458. The summed E-state index contributed by atoms with van der Waals surface area (Å²) in [5, 5.41) is 1.21. The van der Waals surface area contributed by atoms with Gasteiger partial charge in [-0.25, -0.2) is 0 Å². The molecular weight excluding hydrogens is 374 g/mol. The van der Waals surface area contributed by atoms with Gasteiger partial charge in [0.25, 0.3) is 0 Å². The van der Waals surface area contributed by atoms with Crippen molar-refractivity contribution in [1.82, 2.24) is 19.8 Å². The maximum Gasteiger partial charge on any atom is 0.0795 e. The first-order valence-electron chi connectivity index (χ1n) is 11.1. The Morgan fingerprint density at radius 2 is 1.73 bits per heavy atom. The highest BCUT2D eigenvalue weighted by Gasteiger charge is 2.15. The van der Waals surface area contributed by atoms with E-state index in [-0.39, 0.29) is 0 Å². The van der Waals surface area contributed by atoms with E-state index in [2.05, 4.69) is 63.1 Å². The van der Waals surface area contributed by atoms with Gasteiger partial charge < -0.3 is 19.5 Å². The average Bonchev–Trinajstić information content (AvgIpc) is 3.22. The van der Waals surface area contributed by atoms with Crippen LogP contribution in [0.5, 0.6) is 0 Å². The number of aromatic nitrogens is 2. The third-order valence-electron chi connectivity index (χ3n) is 6.41. The van der Waals surface area contributed by atoms with Crippen LogP contribution in [0.1, 0.15) is 5.69 Å². The molecule has 3 aromatic rings. The Balaban J connectivity index is 1.33. The molecule has 4 heterocycles. The van der Waals surface area contributed by atoms with E-state index < -0.39 is 0 Å². The lowest BCUT2D eigenvalue weighted by atomic mass is 10.1. The number of morpholine rings is 1. The van der Waals surface area contributed by atoms with Crippen molar-refractivity contribution >= 4 is 16.6 Å². The van der Waals surface area contributed by atoms with Gasteiger partial charge in [0.15, 0.2) is 0 Å². The number of aromatic amines is 1. The van der Waals surface area contributed by atoms with Crippen LogP contribution in [0.4, 0.5) is 5.69 Å². The Bertz CT molecular complexity index is 969.